The predicted octanol–water partition coefficient (Wildman–Crippen LogP) is -5.64. The van der Waals surface area contributed by atoms with Crippen LogP contribution in [-0.4, -0.2) is 142 Å². The Morgan fingerprint density at radius 3 is 1.43 bits per heavy atom. The summed E-state index contributed by atoms with van der Waals surface area (Å²) in [6, 6.07) is -10.3. The van der Waals surface area contributed by atoms with Crippen molar-refractivity contribution >= 4 is 77.9 Å². The number of carbonyl (C=O) groups excluding carboxylic acids is 6. The molecule has 0 radical (unpaired) electrons. The Morgan fingerprint density at radius 1 is 0.552 bits per heavy atom. The second-order valence-electron chi connectivity index (χ2n) is 13.4. The number of nitrogens with one attached hydrogen (secondary N) is 6. The Balaban J connectivity index is 6.13. The Kier molecular flexibility index (Phi) is 24.1. The maximum absolute atomic E-state index is 13.6. The second-order valence-corrected chi connectivity index (χ2v) is 13.8. The van der Waals surface area contributed by atoms with E-state index in [0.29, 0.717) is 0 Å². The lowest BCUT2D eigenvalue weighted by atomic mass is 10.0. The molecular weight excluding hydrogens is 790 g/mol. The van der Waals surface area contributed by atoms with Crippen LogP contribution < -0.4 is 60.6 Å². The summed E-state index contributed by atoms with van der Waals surface area (Å²) in [6.45, 7) is 4.76. The lowest BCUT2D eigenvalue weighted by molar-refractivity contribution is -0.142. The highest BCUT2D eigenvalue weighted by Crippen LogP contribution is 2.09. The molecule has 0 unspecified atom stereocenters. The minimum absolute atomic E-state index is 0.0172. The minimum Gasteiger partial charge on any atom is -0.481 e. The van der Waals surface area contributed by atoms with Crippen LogP contribution in [0.1, 0.15) is 65.7 Å². The van der Waals surface area contributed by atoms with Gasteiger partial charge in [0.1, 0.15) is 36.3 Å². The third kappa shape index (κ3) is 22.0. The summed E-state index contributed by atoms with van der Waals surface area (Å²) in [5.74, 6) is -11.2. The van der Waals surface area contributed by atoms with Gasteiger partial charge in [-0.3, -0.25) is 48.3 Å². The first kappa shape index (κ1) is 52.1. The van der Waals surface area contributed by atoms with E-state index in [2.05, 4.69) is 54.5 Å². The van der Waals surface area contributed by atoms with Crippen molar-refractivity contribution in [2.75, 3.05) is 18.8 Å². The number of guanidine groups is 2. The smallest absolute Gasteiger partial charge is 0.326 e. The standard InChI is InChI=1S/C32H57N13O12S/c1-14(2)10-19(27(53)40-15(3)24(50)42-18(30(56)57)7-5-9-39-32(36)37)43-28(54)20(12-23(48)49)44-26(52)17(6-4-8-38-31(34)35)41-29(55)21(13-58)45-25(51)16(33)11-22(46)47/h14-21,58H,4-13,33H2,1-3H3,(H,40,53)(H,41,55)(H,42,50)(H,43,54)(H,44,52)(H,45,51)(H,46,47)(H,48,49)(H,56,57)(H4,34,35,38)(H4,36,37,39)/t15-,16-,17-,18-,19-,20-,21-/m0/s1. The largest absolute Gasteiger partial charge is 0.481 e. The Morgan fingerprint density at radius 2 is 0.966 bits per heavy atom. The number of hydrogen-bond acceptors (Lipinski definition) is 13. The van der Waals surface area contributed by atoms with Crippen LogP contribution in [0, 0.1) is 5.92 Å². The zero-order valence-electron chi connectivity index (χ0n) is 32.4. The van der Waals surface area contributed by atoms with Crippen LogP contribution >= 0.6 is 12.6 Å². The lowest BCUT2D eigenvalue weighted by Gasteiger charge is -2.27. The van der Waals surface area contributed by atoms with Gasteiger partial charge in [-0.2, -0.15) is 12.6 Å². The molecule has 0 aliphatic carbocycles. The van der Waals surface area contributed by atoms with Crippen LogP contribution in [0.5, 0.6) is 0 Å². The highest BCUT2D eigenvalue weighted by Gasteiger charge is 2.34. The number of rotatable bonds is 28. The van der Waals surface area contributed by atoms with E-state index in [1.54, 1.807) is 13.8 Å². The summed E-state index contributed by atoms with van der Waals surface area (Å²) in [4.78, 5) is 121. The quantitative estimate of drug-likeness (QED) is 0.0151. The molecule has 0 fully saturated rings. The van der Waals surface area contributed by atoms with Crippen molar-refractivity contribution < 1.29 is 58.5 Å². The van der Waals surface area contributed by atoms with Gasteiger partial charge < -0.3 is 75.9 Å². The molecule has 0 bridgehead atoms. The maximum Gasteiger partial charge on any atom is 0.326 e. The van der Waals surface area contributed by atoms with Crippen molar-refractivity contribution in [3.63, 3.8) is 0 Å². The van der Waals surface area contributed by atoms with Gasteiger partial charge in [-0.1, -0.05) is 13.8 Å². The SMILES string of the molecule is CC(C)C[C@H](NC(=O)[C@H](CC(=O)O)NC(=O)[C@H](CCCN=C(N)N)NC(=O)[C@H](CS)NC(=O)[C@@H](N)CC(=O)O)C(=O)N[C@@H](C)C(=O)N[C@@H](CCCN=C(N)N)C(=O)O. The van der Waals surface area contributed by atoms with Gasteiger partial charge in [-0.25, -0.2) is 4.79 Å². The summed E-state index contributed by atoms with van der Waals surface area (Å²) in [7, 11) is 0. The van der Waals surface area contributed by atoms with Gasteiger partial charge in [0.25, 0.3) is 0 Å². The monoisotopic (exact) mass is 847 g/mol. The highest BCUT2D eigenvalue weighted by atomic mass is 32.1. The molecule has 0 aromatic heterocycles. The molecule has 0 rings (SSSR count). The fourth-order valence-electron chi connectivity index (χ4n) is 4.87. The topological polar surface area (TPSA) is 441 Å². The third-order valence-electron chi connectivity index (χ3n) is 7.79. The molecule has 0 heterocycles. The molecule has 0 aromatic rings. The number of nitrogens with two attached hydrogens (primary N) is 5. The number of carboxylic acid groups (broad SMARTS) is 3. The van der Waals surface area contributed by atoms with Gasteiger partial charge in [-0.05, 0) is 44.9 Å². The summed E-state index contributed by atoms with van der Waals surface area (Å²) in [5.41, 5.74) is 26.8. The normalized spacial score (nSPS) is 14.4. The third-order valence-corrected chi connectivity index (χ3v) is 8.15. The maximum atomic E-state index is 13.6. The van der Waals surface area contributed by atoms with Gasteiger partial charge in [0, 0.05) is 18.8 Å². The van der Waals surface area contributed by atoms with Gasteiger partial charge >= 0.3 is 17.9 Å². The van der Waals surface area contributed by atoms with E-state index in [-0.39, 0.29) is 68.8 Å². The number of aliphatic carboxylic acids is 3. The average Bonchev–Trinajstić information content (AvgIpc) is 3.10. The Labute approximate surface area is 339 Å². The average molecular weight is 848 g/mol. The molecule has 25 nitrogen and oxygen atoms in total. The van der Waals surface area contributed by atoms with Crippen molar-refractivity contribution in [1.82, 2.24) is 31.9 Å². The molecule has 0 saturated heterocycles. The second kappa shape index (κ2) is 26.8. The summed E-state index contributed by atoms with van der Waals surface area (Å²) >= 11 is 4.03. The molecule has 0 spiro atoms. The molecule has 26 heteroatoms. The number of aliphatic imine (C=N–C) groups is 2. The van der Waals surface area contributed by atoms with E-state index in [1.807, 2.05) is 0 Å². The molecular formula is C32H57N13O12S. The molecule has 0 aromatic carbocycles. The fourth-order valence-corrected chi connectivity index (χ4v) is 5.12. The number of carboxylic acids is 3. The zero-order valence-corrected chi connectivity index (χ0v) is 33.3. The number of nitrogens with zero attached hydrogens (tertiary/aromatic N) is 2. The van der Waals surface area contributed by atoms with E-state index in [9.17, 15) is 53.4 Å². The van der Waals surface area contributed by atoms with Crippen LogP contribution in [0.2, 0.25) is 0 Å². The van der Waals surface area contributed by atoms with Crippen molar-refractivity contribution in [2.45, 2.75) is 108 Å². The molecule has 328 valence electrons. The van der Waals surface area contributed by atoms with Crippen LogP contribution in [0.25, 0.3) is 0 Å². The summed E-state index contributed by atoms with van der Waals surface area (Å²) in [5, 5.41) is 42.0. The van der Waals surface area contributed by atoms with E-state index in [0.717, 1.165) is 0 Å². The van der Waals surface area contributed by atoms with Crippen molar-refractivity contribution in [2.24, 2.45) is 44.6 Å². The summed E-state index contributed by atoms with van der Waals surface area (Å²) < 4.78 is 0. The highest BCUT2D eigenvalue weighted by molar-refractivity contribution is 7.80. The van der Waals surface area contributed by atoms with Gasteiger partial charge in [-0.15, -0.1) is 0 Å². The molecule has 7 atom stereocenters. The molecule has 19 N–H and O–H groups in total. The number of amides is 6. The lowest BCUT2D eigenvalue weighted by Crippen LogP contribution is -2.60. The first-order valence-electron chi connectivity index (χ1n) is 17.9. The van der Waals surface area contributed by atoms with Gasteiger partial charge in [0.05, 0.1) is 18.9 Å². The molecule has 58 heavy (non-hydrogen) atoms. The number of thiol groups is 1. The molecule has 0 aliphatic rings. The van der Waals surface area contributed by atoms with Crippen molar-refractivity contribution in [3.05, 3.63) is 0 Å². The van der Waals surface area contributed by atoms with Crippen LogP contribution in [-0.2, 0) is 43.2 Å². The van der Waals surface area contributed by atoms with E-state index < -0.39 is 108 Å². The Bertz CT molecular complexity index is 1520. The van der Waals surface area contributed by atoms with Crippen LogP contribution in [0.15, 0.2) is 9.98 Å². The predicted molar refractivity (Wildman–Crippen MR) is 211 cm³/mol. The first-order chi connectivity index (χ1) is 27.0. The van der Waals surface area contributed by atoms with E-state index >= 15 is 0 Å². The van der Waals surface area contributed by atoms with Gasteiger partial charge in [0.15, 0.2) is 11.9 Å². The minimum atomic E-state index is -1.82. The van der Waals surface area contributed by atoms with Crippen LogP contribution in [0.4, 0.5) is 0 Å². The Hall–Kier alpha value is -5.92. The molecule has 0 aliphatic heterocycles. The number of carbonyl (C=O) groups is 9. The van der Waals surface area contributed by atoms with E-state index in [1.165, 1.54) is 6.92 Å². The number of hydrogen-bond donors (Lipinski definition) is 15. The van der Waals surface area contributed by atoms with Crippen molar-refractivity contribution in [3.8, 4) is 0 Å². The van der Waals surface area contributed by atoms with Crippen LogP contribution in [0.3, 0.4) is 0 Å². The summed E-state index contributed by atoms with van der Waals surface area (Å²) in [6.07, 6.45) is -1.72. The van der Waals surface area contributed by atoms with Gasteiger partial charge in [0.2, 0.25) is 35.4 Å². The fraction of sp³-hybridized carbons (Fsp3) is 0.656. The first-order valence-corrected chi connectivity index (χ1v) is 18.6. The molecule has 0 saturated carbocycles. The van der Waals surface area contributed by atoms with Crippen molar-refractivity contribution in [1.29, 1.82) is 0 Å². The molecule has 6 amide bonds. The van der Waals surface area contributed by atoms with E-state index in [4.69, 9.17) is 33.8 Å². The zero-order chi connectivity index (χ0) is 44.7.